The van der Waals surface area contributed by atoms with Crippen molar-refractivity contribution in [1.82, 2.24) is 0 Å². The molecule has 0 aromatic heterocycles. The summed E-state index contributed by atoms with van der Waals surface area (Å²) in [5.74, 6) is 0.616. The van der Waals surface area contributed by atoms with Crippen LogP contribution in [0.1, 0.15) is 20.3 Å². The average molecular weight is 280 g/mol. The van der Waals surface area contributed by atoms with Gasteiger partial charge in [-0.2, -0.15) is 0 Å². The third-order valence-corrected chi connectivity index (χ3v) is 3.22. The zero-order valence-electron chi connectivity index (χ0n) is 12.7. The van der Waals surface area contributed by atoms with Crippen LogP contribution < -0.4 is 15.4 Å². The molecule has 0 aliphatic carbocycles. The van der Waals surface area contributed by atoms with E-state index in [9.17, 15) is 4.79 Å². The molecule has 0 aliphatic heterocycles. The van der Waals surface area contributed by atoms with Crippen molar-refractivity contribution in [2.24, 2.45) is 5.73 Å². The predicted octanol–water partition coefficient (Wildman–Crippen LogP) is 1.80. The van der Waals surface area contributed by atoms with Gasteiger partial charge in [-0.15, -0.1) is 0 Å². The first-order chi connectivity index (χ1) is 9.46. The number of hydrogen-bond donors (Lipinski definition) is 1. The molecule has 1 rings (SSSR count). The van der Waals surface area contributed by atoms with Crippen LogP contribution in [0.3, 0.4) is 0 Å². The van der Waals surface area contributed by atoms with Gasteiger partial charge in [0.05, 0.1) is 7.11 Å². The van der Waals surface area contributed by atoms with Gasteiger partial charge in [-0.1, -0.05) is 6.07 Å². The van der Waals surface area contributed by atoms with Crippen LogP contribution in [-0.4, -0.2) is 38.8 Å². The van der Waals surface area contributed by atoms with E-state index in [0.717, 1.165) is 12.1 Å². The fourth-order valence-corrected chi connectivity index (χ4v) is 1.79. The van der Waals surface area contributed by atoms with Crippen molar-refractivity contribution in [1.29, 1.82) is 0 Å². The highest BCUT2D eigenvalue weighted by Gasteiger charge is 2.32. The molecular formula is C15H24N2O3. The minimum absolute atomic E-state index is 0.0956. The second-order valence-electron chi connectivity index (χ2n) is 5.01. The number of nitrogens with zero attached hydrogens (tertiary/aromatic N) is 1. The van der Waals surface area contributed by atoms with E-state index < -0.39 is 5.60 Å². The standard InChI is InChI=1S/C15H24N2O3/c1-15(2,20-4)14(18)17(10-6-9-16)12-7-5-8-13(11-12)19-3/h5,7-8,11H,6,9-10,16H2,1-4H3. The zero-order valence-corrected chi connectivity index (χ0v) is 12.7. The monoisotopic (exact) mass is 280 g/mol. The average Bonchev–Trinajstić information content (AvgIpc) is 2.47. The van der Waals surface area contributed by atoms with Crippen molar-refractivity contribution in [2.45, 2.75) is 25.9 Å². The molecule has 0 aliphatic rings. The fraction of sp³-hybridized carbons (Fsp3) is 0.533. The summed E-state index contributed by atoms with van der Waals surface area (Å²) in [4.78, 5) is 14.3. The van der Waals surface area contributed by atoms with Gasteiger partial charge in [-0.05, 0) is 38.9 Å². The van der Waals surface area contributed by atoms with Crippen LogP contribution in [0.2, 0.25) is 0 Å². The second kappa shape index (κ2) is 7.26. The quantitative estimate of drug-likeness (QED) is 0.827. The molecule has 0 unspecified atom stereocenters. The Hall–Kier alpha value is -1.59. The number of amides is 1. The third-order valence-electron chi connectivity index (χ3n) is 3.22. The maximum Gasteiger partial charge on any atom is 0.258 e. The summed E-state index contributed by atoms with van der Waals surface area (Å²) in [6, 6.07) is 7.41. The largest absolute Gasteiger partial charge is 0.497 e. The maximum absolute atomic E-state index is 12.6. The van der Waals surface area contributed by atoms with Gasteiger partial charge in [0.15, 0.2) is 0 Å². The summed E-state index contributed by atoms with van der Waals surface area (Å²) in [6.07, 6.45) is 0.725. The number of ether oxygens (including phenoxy) is 2. The summed E-state index contributed by atoms with van der Waals surface area (Å²) >= 11 is 0. The first-order valence-corrected chi connectivity index (χ1v) is 6.67. The highest BCUT2D eigenvalue weighted by molar-refractivity contribution is 5.99. The lowest BCUT2D eigenvalue weighted by Crippen LogP contribution is -2.47. The maximum atomic E-state index is 12.6. The Labute approximate surface area is 120 Å². The molecule has 0 radical (unpaired) electrons. The molecule has 0 atom stereocenters. The van der Waals surface area contributed by atoms with Gasteiger partial charge in [-0.3, -0.25) is 4.79 Å². The molecule has 2 N–H and O–H groups in total. The molecule has 20 heavy (non-hydrogen) atoms. The highest BCUT2D eigenvalue weighted by Crippen LogP contribution is 2.24. The molecule has 0 spiro atoms. The Bertz CT molecular complexity index is 446. The molecule has 0 fully saturated rings. The van der Waals surface area contributed by atoms with Crippen molar-refractivity contribution in [3.63, 3.8) is 0 Å². The topological polar surface area (TPSA) is 64.8 Å². The number of benzene rings is 1. The molecule has 0 saturated heterocycles. The Balaban J connectivity index is 3.07. The Morgan fingerprint density at radius 1 is 1.35 bits per heavy atom. The summed E-state index contributed by atoms with van der Waals surface area (Å²) in [5, 5.41) is 0. The smallest absolute Gasteiger partial charge is 0.258 e. The second-order valence-corrected chi connectivity index (χ2v) is 5.01. The van der Waals surface area contributed by atoms with E-state index in [1.807, 2.05) is 24.3 Å². The van der Waals surface area contributed by atoms with Crippen LogP contribution in [0.25, 0.3) is 0 Å². The van der Waals surface area contributed by atoms with Gasteiger partial charge in [0.1, 0.15) is 11.4 Å². The Morgan fingerprint density at radius 3 is 2.60 bits per heavy atom. The fourth-order valence-electron chi connectivity index (χ4n) is 1.79. The van der Waals surface area contributed by atoms with Gasteiger partial charge in [0, 0.05) is 25.4 Å². The number of methoxy groups -OCH3 is 2. The summed E-state index contributed by atoms with van der Waals surface area (Å²) in [6.45, 7) is 4.59. The molecule has 1 amide bonds. The Kier molecular flexibility index (Phi) is 5.98. The van der Waals surface area contributed by atoms with Gasteiger partial charge in [0.25, 0.3) is 5.91 Å². The minimum Gasteiger partial charge on any atom is -0.497 e. The molecule has 0 saturated carbocycles. The van der Waals surface area contributed by atoms with E-state index in [1.165, 1.54) is 7.11 Å². The van der Waals surface area contributed by atoms with Crippen LogP contribution in [0.4, 0.5) is 5.69 Å². The SMILES string of the molecule is COc1cccc(N(CCCN)C(=O)C(C)(C)OC)c1. The highest BCUT2D eigenvalue weighted by atomic mass is 16.5. The number of carbonyl (C=O) groups is 1. The lowest BCUT2D eigenvalue weighted by atomic mass is 10.1. The number of nitrogens with two attached hydrogens (primary N) is 1. The molecule has 0 bridgehead atoms. The summed E-state index contributed by atoms with van der Waals surface area (Å²) in [7, 11) is 3.13. The van der Waals surface area contributed by atoms with E-state index in [1.54, 1.807) is 25.9 Å². The van der Waals surface area contributed by atoms with Crippen LogP contribution in [0.5, 0.6) is 5.75 Å². The van der Waals surface area contributed by atoms with Crippen LogP contribution in [0.15, 0.2) is 24.3 Å². The van der Waals surface area contributed by atoms with Gasteiger partial charge in [-0.25, -0.2) is 0 Å². The number of anilines is 1. The van der Waals surface area contributed by atoms with Gasteiger partial charge >= 0.3 is 0 Å². The van der Waals surface area contributed by atoms with Crippen molar-refractivity contribution in [3.8, 4) is 5.75 Å². The van der Waals surface area contributed by atoms with Crippen molar-refractivity contribution in [3.05, 3.63) is 24.3 Å². The lowest BCUT2D eigenvalue weighted by Gasteiger charge is -2.31. The molecule has 5 heteroatoms. The molecule has 5 nitrogen and oxygen atoms in total. The molecule has 0 heterocycles. The molecular weight excluding hydrogens is 256 g/mol. The van der Waals surface area contributed by atoms with Crippen LogP contribution in [0, 0.1) is 0 Å². The first kappa shape index (κ1) is 16.5. The first-order valence-electron chi connectivity index (χ1n) is 6.67. The van der Waals surface area contributed by atoms with Crippen LogP contribution in [-0.2, 0) is 9.53 Å². The van der Waals surface area contributed by atoms with E-state index >= 15 is 0 Å². The lowest BCUT2D eigenvalue weighted by molar-refractivity contribution is -0.136. The predicted molar refractivity (Wildman–Crippen MR) is 80.1 cm³/mol. The molecule has 1 aromatic rings. The van der Waals surface area contributed by atoms with E-state index in [0.29, 0.717) is 18.8 Å². The minimum atomic E-state index is -0.877. The molecule has 1 aromatic carbocycles. The van der Waals surface area contributed by atoms with Crippen LogP contribution >= 0.6 is 0 Å². The summed E-state index contributed by atoms with van der Waals surface area (Å²) in [5.41, 5.74) is 5.47. The third kappa shape index (κ3) is 3.95. The van der Waals surface area contributed by atoms with E-state index in [4.69, 9.17) is 15.2 Å². The Morgan fingerprint density at radius 2 is 2.05 bits per heavy atom. The number of carbonyl (C=O) groups excluding carboxylic acids is 1. The van der Waals surface area contributed by atoms with Gasteiger partial charge in [0.2, 0.25) is 0 Å². The zero-order chi connectivity index (χ0) is 15.2. The van der Waals surface area contributed by atoms with Gasteiger partial charge < -0.3 is 20.1 Å². The van der Waals surface area contributed by atoms with Crippen molar-refractivity contribution < 1.29 is 14.3 Å². The van der Waals surface area contributed by atoms with Crippen molar-refractivity contribution in [2.75, 3.05) is 32.2 Å². The van der Waals surface area contributed by atoms with Crippen molar-refractivity contribution >= 4 is 11.6 Å². The normalized spacial score (nSPS) is 11.2. The van der Waals surface area contributed by atoms with E-state index in [-0.39, 0.29) is 5.91 Å². The summed E-state index contributed by atoms with van der Waals surface area (Å²) < 4.78 is 10.5. The molecule has 112 valence electrons. The van der Waals surface area contributed by atoms with E-state index in [2.05, 4.69) is 0 Å². The number of hydrogen-bond acceptors (Lipinski definition) is 4. The number of rotatable bonds is 7.